The molecular weight excluding hydrogens is 530 g/mol. The SMILES string of the molecule is CN1CCCC1CC(=O)[C@@]1(C)CC[C@]2(C)CC[C@]3(C)C(=CC(=O)C4[C@@]5(C)CC[C@H](O)C(C)(C)C5CC[C@]43C)[C@H]2C1.Cl. The van der Waals surface area contributed by atoms with E-state index in [9.17, 15) is 14.7 Å². The van der Waals surface area contributed by atoms with Crippen molar-refractivity contribution < 1.29 is 14.7 Å². The molecule has 1 N–H and O–H groups in total. The summed E-state index contributed by atoms with van der Waals surface area (Å²) in [7, 11) is 2.18. The number of carbonyl (C=O) groups is 2. The van der Waals surface area contributed by atoms with Gasteiger partial charge in [0, 0.05) is 23.8 Å². The van der Waals surface area contributed by atoms with Crippen LogP contribution in [0.2, 0.25) is 0 Å². The molecule has 1 saturated heterocycles. The summed E-state index contributed by atoms with van der Waals surface area (Å²) in [6, 6.07) is 0.401. The van der Waals surface area contributed by atoms with Crippen molar-refractivity contribution in [3.63, 3.8) is 0 Å². The largest absolute Gasteiger partial charge is 0.393 e. The van der Waals surface area contributed by atoms with Gasteiger partial charge in [0.05, 0.1) is 6.10 Å². The Morgan fingerprint density at radius 2 is 1.63 bits per heavy atom. The van der Waals surface area contributed by atoms with Crippen molar-refractivity contribution in [1.29, 1.82) is 0 Å². The monoisotopic (exact) mass is 587 g/mol. The molecule has 10 atom stereocenters. The molecular formula is C36H58ClNO3. The van der Waals surface area contributed by atoms with Crippen LogP contribution in [0.25, 0.3) is 0 Å². The third kappa shape index (κ3) is 4.26. The van der Waals surface area contributed by atoms with Crippen LogP contribution in [-0.4, -0.2) is 47.3 Å². The second-order valence-corrected chi connectivity index (χ2v) is 17.5. The Kier molecular flexibility index (Phi) is 7.65. The highest BCUT2D eigenvalue weighted by atomic mass is 35.5. The van der Waals surface area contributed by atoms with Crippen LogP contribution < -0.4 is 0 Å². The Morgan fingerprint density at radius 3 is 2.29 bits per heavy atom. The van der Waals surface area contributed by atoms with Gasteiger partial charge in [-0.2, -0.15) is 0 Å². The normalized spacial score (nSPS) is 50.9. The molecule has 5 aliphatic carbocycles. The number of hydrogen-bond donors (Lipinski definition) is 1. The average molecular weight is 588 g/mol. The first kappa shape index (κ1) is 31.7. The van der Waals surface area contributed by atoms with Gasteiger partial charge in [0.15, 0.2) is 5.78 Å². The summed E-state index contributed by atoms with van der Waals surface area (Å²) in [4.78, 5) is 30.8. The van der Waals surface area contributed by atoms with Gasteiger partial charge in [0.25, 0.3) is 0 Å². The topological polar surface area (TPSA) is 57.6 Å². The fraction of sp³-hybridized carbons (Fsp3) is 0.889. The van der Waals surface area contributed by atoms with E-state index in [1.807, 2.05) is 0 Å². The third-order valence-electron chi connectivity index (χ3n) is 15.3. The maximum Gasteiger partial charge on any atom is 0.159 e. The lowest BCUT2D eigenvalue weighted by Crippen LogP contribution is -2.66. The zero-order chi connectivity index (χ0) is 29.1. The molecule has 0 amide bonds. The molecule has 5 heteroatoms. The molecule has 0 radical (unpaired) electrons. The number of fused-ring (bicyclic) bond motifs is 7. The van der Waals surface area contributed by atoms with E-state index in [4.69, 9.17) is 0 Å². The number of rotatable bonds is 3. The number of Topliss-reactive ketones (excluding diaryl/α,β-unsaturated/α-hetero) is 1. The van der Waals surface area contributed by atoms with Crippen molar-refractivity contribution in [3.8, 4) is 0 Å². The molecule has 0 aromatic heterocycles. The minimum absolute atomic E-state index is 0. The minimum atomic E-state index is -0.291. The molecule has 5 fully saturated rings. The number of ketones is 2. The molecule has 4 nitrogen and oxygen atoms in total. The molecule has 0 aromatic carbocycles. The second-order valence-electron chi connectivity index (χ2n) is 17.5. The molecule has 0 aromatic rings. The molecule has 3 unspecified atom stereocenters. The van der Waals surface area contributed by atoms with Crippen LogP contribution in [0.1, 0.15) is 126 Å². The van der Waals surface area contributed by atoms with Crippen molar-refractivity contribution in [1.82, 2.24) is 4.90 Å². The lowest BCUT2D eigenvalue weighted by atomic mass is 9.33. The molecule has 0 spiro atoms. The van der Waals surface area contributed by atoms with Gasteiger partial charge in [-0.25, -0.2) is 0 Å². The van der Waals surface area contributed by atoms with E-state index in [2.05, 4.69) is 66.5 Å². The first-order valence-corrected chi connectivity index (χ1v) is 16.7. The zero-order valence-corrected chi connectivity index (χ0v) is 28.1. The van der Waals surface area contributed by atoms with Crippen molar-refractivity contribution in [2.45, 2.75) is 138 Å². The first-order valence-electron chi connectivity index (χ1n) is 16.7. The molecule has 1 heterocycles. The van der Waals surface area contributed by atoms with Gasteiger partial charge in [0.1, 0.15) is 5.78 Å². The van der Waals surface area contributed by atoms with Crippen molar-refractivity contribution in [3.05, 3.63) is 11.6 Å². The smallest absolute Gasteiger partial charge is 0.159 e. The molecule has 6 aliphatic rings. The number of halogens is 1. The maximum atomic E-state index is 14.5. The molecule has 0 bridgehead atoms. The quantitative estimate of drug-likeness (QED) is 0.366. The van der Waals surface area contributed by atoms with Crippen LogP contribution in [0, 0.1) is 50.2 Å². The number of nitrogens with zero attached hydrogens (tertiary/aromatic N) is 1. The number of aliphatic hydroxyl groups excluding tert-OH is 1. The van der Waals surface area contributed by atoms with Crippen LogP contribution in [-0.2, 0) is 9.59 Å². The van der Waals surface area contributed by atoms with Crippen LogP contribution in [0.15, 0.2) is 11.6 Å². The van der Waals surface area contributed by atoms with Gasteiger partial charge in [0.2, 0.25) is 0 Å². The predicted molar refractivity (Wildman–Crippen MR) is 168 cm³/mol. The molecule has 232 valence electrons. The standard InChI is InChI=1S/C36H57NO3.ClH/c1-31(2)27-11-14-36(7)30(34(27,5)13-12-28(31)39)26(38)21-24-25-22-33(4,29(40)20-23-10-9-19-37(23)8)16-15-32(25,3)17-18-35(24,36)6;/h21,23,25,27-28,30,39H,9-20,22H2,1-8H3;1H/t23?,25-,27?,28+,30?,32-,33+,34+,35-,36-;/m1./s1. The average Bonchev–Trinajstić information content (AvgIpc) is 3.28. The van der Waals surface area contributed by atoms with Gasteiger partial charge in [-0.3, -0.25) is 9.59 Å². The Hall–Kier alpha value is -0.710. The van der Waals surface area contributed by atoms with E-state index in [-0.39, 0.29) is 56.9 Å². The van der Waals surface area contributed by atoms with E-state index >= 15 is 0 Å². The van der Waals surface area contributed by atoms with Gasteiger partial charge in [-0.15, -0.1) is 12.4 Å². The zero-order valence-electron chi connectivity index (χ0n) is 27.3. The highest BCUT2D eigenvalue weighted by Gasteiger charge is 2.70. The molecule has 41 heavy (non-hydrogen) atoms. The lowest BCUT2D eigenvalue weighted by Gasteiger charge is -2.70. The Morgan fingerprint density at radius 1 is 0.951 bits per heavy atom. The molecule has 4 saturated carbocycles. The van der Waals surface area contributed by atoms with Gasteiger partial charge < -0.3 is 10.0 Å². The Balaban J connectivity index is 0.00000337. The maximum absolute atomic E-state index is 14.5. The van der Waals surface area contributed by atoms with E-state index < -0.39 is 0 Å². The number of likely N-dealkylation sites (tertiary alicyclic amines) is 1. The minimum Gasteiger partial charge on any atom is -0.393 e. The van der Waals surface area contributed by atoms with Crippen molar-refractivity contribution in [2.75, 3.05) is 13.6 Å². The highest BCUT2D eigenvalue weighted by molar-refractivity contribution is 5.96. The number of carbonyl (C=O) groups excluding carboxylic acids is 2. The van der Waals surface area contributed by atoms with E-state index in [1.54, 1.807) is 0 Å². The predicted octanol–water partition coefficient (Wildman–Crippen LogP) is 7.80. The van der Waals surface area contributed by atoms with Crippen LogP contribution in [0.4, 0.5) is 0 Å². The van der Waals surface area contributed by atoms with Crippen LogP contribution in [0.3, 0.4) is 0 Å². The Labute approximate surface area is 256 Å². The van der Waals surface area contributed by atoms with E-state index in [1.165, 1.54) is 18.4 Å². The fourth-order valence-corrected chi connectivity index (χ4v) is 12.1. The number of hydrogen-bond acceptors (Lipinski definition) is 4. The third-order valence-corrected chi connectivity index (χ3v) is 15.3. The second kappa shape index (κ2) is 9.90. The fourth-order valence-electron chi connectivity index (χ4n) is 12.1. The first-order chi connectivity index (χ1) is 18.5. The molecule has 1 aliphatic heterocycles. The summed E-state index contributed by atoms with van der Waals surface area (Å²) in [5.41, 5.74) is 0.948. The molecule has 6 rings (SSSR count). The summed E-state index contributed by atoms with van der Waals surface area (Å²) in [5, 5.41) is 11.0. The summed E-state index contributed by atoms with van der Waals surface area (Å²) < 4.78 is 0. The van der Waals surface area contributed by atoms with E-state index in [0.29, 0.717) is 35.9 Å². The lowest BCUT2D eigenvalue weighted by molar-refractivity contribution is -0.202. The summed E-state index contributed by atoms with van der Waals surface area (Å²) >= 11 is 0. The highest BCUT2D eigenvalue weighted by Crippen LogP contribution is 2.75. The van der Waals surface area contributed by atoms with Crippen molar-refractivity contribution in [2.24, 2.45) is 50.2 Å². The van der Waals surface area contributed by atoms with Crippen LogP contribution in [0.5, 0.6) is 0 Å². The summed E-state index contributed by atoms with van der Waals surface area (Å²) in [6.45, 7) is 17.7. The van der Waals surface area contributed by atoms with Gasteiger partial charge >= 0.3 is 0 Å². The number of aliphatic hydroxyl groups is 1. The van der Waals surface area contributed by atoms with Gasteiger partial charge in [-0.05, 0) is 129 Å². The summed E-state index contributed by atoms with van der Waals surface area (Å²) in [5.74, 6) is 1.50. The van der Waals surface area contributed by atoms with Crippen molar-refractivity contribution >= 4 is 24.0 Å². The van der Waals surface area contributed by atoms with E-state index in [0.717, 1.165) is 64.3 Å². The van der Waals surface area contributed by atoms with Crippen LogP contribution >= 0.6 is 12.4 Å². The number of allylic oxidation sites excluding steroid dienone is 2. The van der Waals surface area contributed by atoms with Gasteiger partial charge in [-0.1, -0.05) is 54.0 Å². The summed E-state index contributed by atoms with van der Waals surface area (Å²) in [6.07, 6.45) is 14.1. The Bertz CT molecular complexity index is 1130.